The third-order valence-corrected chi connectivity index (χ3v) is 9.59. The first-order valence-corrected chi connectivity index (χ1v) is 18.3. The maximum Gasteiger partial charge on any atom is 0.0973 e. The first-order chi connectivity index (χ1) is 22.7. The van der Waals surface area contributed by atoms with Gasteiger partial charge in [0.2, 0.25) is 0 Å². The summed E-state index contributed by atoms with van der Waals surface area (Å²) in [5.41, 5.74) is 11.1. The molecule has 8 nitrogen and oxygen atoms in total. The minimum atomic E-state index is -0.139. The number of aliphatic imine (C=N–C) groups is 2. The molecule has 4 rings (SSSR count). The van der Waals surface area contributed by atoms with E-state index in [1.807, 2.05) is 32.2 Å². The lowest BCUT2D eigenvalue weighted by atomic mass is 10.0. The van der Waals surface area contributed by atoms with E-state index in [9.17, 15) is 0 Å². The van der Waals surface area contributed by atoms with Gasteiger partial charge in [0, 0.05) is 50.8 Å². The summed E-state index contributed by atoms with van der Waals surface area (Å²) in [5, 5.41) is 15.3. The molecule has 0 bridgehead atoms. The van der Waals surface area contributed by atoms with E-state index in [1.165, 1.54) is 33.4 Å². The molecule has 0 fully saturated rings. The van der Waals surface area contributed by atoms with E-state index < -0.39 is 0 Å². The van der Waals surface area contributed by atoms with Gasteiger partial charge in [-0.25, -0.2) is 20.0 Å². The first kappa shape index (κ1) is 39.0. The van der Waals surface area contributed by atoms with Crippen molar-refractivity contribution in [3.8, 4) is 0 Å². The van der Waals surface area contributed by atoms with Gasteiger partial charge in [0.25, 0.3) is 0 Å². The van der Waals surface area contributed by atoms with Gasteiger partial charge >= 0.3 is 0 Å². The Morgan fingerprint density at radius 3 is 1.56 bits per heavy atom. The van der Waals surface area contributed by atoms with Crippen molar-refractivity contribution in [2.75, 3.05) is 27.2 Å². The lowest BCUT2D eigenvalue weighted by molar-refractivity contribution is -0.0163. The average Bonchev–Trinajstić information content (AvgIpc) is 3.70. The Bertz CT molecular complexity index is 1670. The summed E-state index contributed by atoms with van der Waals surface area (Å²) in [5.74, 6) is 0. The number of nitrogens with zero attached hydrogens (tertiary/aromatic N) is 6. The Kier molecular flexibility index (Phi) is 14.9. The molecule has 0 saturated heterocycles. The molecule has 0 radical (unpaired) electrons. The molecule has 0 aliphatic heterocycles. The molecule has 10 heteroatoms. The Morgan fingerprint density at radius 2 is 1.17 bits per heavy atom. The van der Waals surface area contributed by atoms with Crippen molar-refractivity contribution in [2.24, 2.45) is 9.98 Å². The molecule has 0 spiro atoms. The summed E-state index contributed by atoms with van der Waals surface area (Å²) in [4.78, 5) is 22.4. The maximum atomic E-state index is 9.10. The summed E-state index contributed by atoms with van der Waals surface area (Å²) in [6.07, 6.45) is 5.42. The zero-order chi connectivity index (χ0) is 35.4. The molecule has 260 valence electrons. The van der Waals surface area contributed by atoms with Crippen LogP contribution in [0.15, 0.2) is 45.0 Å². The molecule has 2 aromatic heterocycles. The first-order valence-electron chi connectivity index (χ1n) is 16.5. The van der Waals surface area contributed by atoms with Crippen molar-refractivity contribution in [2.45, 2.75) is 94.0 Å². The van der Waals surface area contributed by atoms with E-state index in [4.69, 9.17) is 14.8 Å². The van der Waals surface area contributed by atoms with Crippen LogP contribution in [0.3, 0.4) is 0 Å². The Balaban J connectivity index is 0.000000264. The van der Waals surface area contributed by atoms with Crippen LogP contribution in [-0.4, -0.2) is 70.3 Å². The number of hydrogen-bond acceptors (Lipinski definition) is 8. The van der Waals surface area contributed by atoms with Gasteiger partial charge in [0.15, 0.2) is 0 Å². The minimum absolute atomic E-state index is 0.00705. The maximum absolute atomic E-state index is 9.10. The molecule has 2 aromatic carbocycles. The second kappa shape index (κ2) is 18.4. The van der Waals surface area contributed by atoms with Crippen LogP contribution in [0.4, 0.5) is 11.4 Å². The molecule has 0 unspecified atom stereocenters. The van der Waals surface area contributed by atoms with Gasteiger partial charge in [-0.3, -0.25) is 0 Å². The Labute approximate surface area is 296 Å². The fourth-order valence-corrected chi connectivity index (χ4v) is 6.09. The number of aromatic nitrogens is 2. The quantitative estimate of drug-likeness (QED) is 0.112. The van der Waals surface area contributed by atoms with Gasteiger partial charge in [0.1, 0.15) is 0 Å². The number of aliphatic hydroxyl groups excluding tert-OH is 1. The van der Waals surface area contributed by atoms with Crippen molar-refractivity contribution in [3.05, 3.63) is 89.8 Å². The fourth-order valence-electron chi connectivity index (χ4n) is 4.48. The van der Waals surface area contributed by atoms with Gasteiger partial charge in [-0.2, -0.15) is 0 Å². The van der Waals surface area contributed by atoms with Gasteiger partial charge in [-0.05, 0) is 108 Å². The summed E-state index contributed by atoms with van der Waals surface area (Å²) in [6, 6.07) is 8.72. The Hall–Kier alpha value is -3.44. The molecule has 0 aliphatic rings. The van der Waals surface area contributed by atoms with Crippen LogP contribution in [0.25, 0.3) is 0 Å². The molecule has 2 heterocycles. The monoisotopic (exact) mass is 690 g/mol. The van der Waals surface area contributed by atoms with E-state index in [1.54, 1.807) is 22.7 Å². The van der Waals surface area contributed by atoms with Crippen LogP contribution < -0.4 is 0 Å². The summed E-state index contributed by atoms with van der Waals surface area (Å²) in [7, 11) is 4.05. The largest absolute Gasteiger partial charge is 0.390 e. The third kappa shape index (κ3) is 12.5. The number of aryl methyl sites for hydroxylation is 4. The van der Waals surface area contributed by atoms with Gasteiger partial charge in [0.05, 0.1) is 64.3 Å². The summed E-state index contributed by atoms with van der Waals surface area (Å²) >= 11 is 3.30. The lowest BCUT2D eigenvalue weighted by Crippen LogP contribution is -2.18. The molecular weight excluding hydrogens is 637 g/mol. The van der Waals surface area contributed by atoms with Crippen molar-refractivity contribution in [3.63, 3.8) is 0 Å². The van der Waals surface area contributed by atoms with E-state index in [0.29, 0.717) is 6.61 Å². The van der Waals surface area contributed by atoms with Crippen LogP contribution in [-0.2, 0) is 30.8 Å². The highest BCUT2D eigenvalue weighted by atomic mass is 32.1. The predicted octanol–water partition coefficient (Wildman–Crippen LogP) is 8.73. The molecule has 4 aromatic rings. The second-order valence-electron chi connectivity index (χ2n) is 13.1. The zero-order valence-corrected chi connectivity index (χ0v) is 32.3. The van der Waals surface area contributed by atoms with Crippen molar-refractivity contribution in [1.82, 2.24) is 19.8 Å². The number of benzene rings is 2. The van der Waals surface area contributed by atoms with E-state index >= 15 is 0 Å². The van der Waals surface area contributed by atoms with Crippen LogP contribution in [0.5, 0.6) is 0 Å². The zero-order valence-electron chi connectivity index (χ0n) is 30.7. The van der Waals surface area contributed by atoms with Crippen molar-refractivity contribution >= 4 is 46.7 Å². The molecule has 0 amide bonds. The third-order valence-electron chi connectivity index (χ3n) is 7.79. The highest BCUT2D eigenvalue weighted by Crippen LogP contribution is 2.27. The average molecular weight is 691 g/mol. The molecule has 1 N–H and O–H groups in total. The molecule has 0 aliphatic carbocycles. The van der Waals surface area contributed by atoms with Crippen LogP contribution >= 0.6 is 22.7 Å². The van der Waals surface area contributed by atoms with Crippen LogP contribution in [0.2, 0.25) is 0 Å². The fraction of sp³-hybridized carbons (Fsp3) is 0.474. The van der Waals surface area contributed by atoms with Crippen molar-refractivity contribution < 1.29 is 9.84 Å². The van der Waals surface area contributed by atoms with Gasteiger partial charge in [-0.1, -0.05) is 12.1 Å². The topological polar surface area (TPSA) is 86.4 Å². The van der Waals surface area contributed by atoms with Gasteiger partial charge in [-0.15, -0.1) is 22.7 Å². The molecule has 48 heavy (non-hydrogen) atoms. The smallest absolute Gasteiger partial charge is 0.0973 e. The SMILES string of the molecule is CCN(C)C=Nc1cc(C)c(Cc2nc(CO)cs2)cc1C.CCN(C)C=Nc1cc(C)c(Cc2nc(COC(C)(C)C)cs2)cc1C. The number of ether oxygens (including phenoxy) is 1. The second-order valence-corrected chi connectivity index (χ2v) is 15.0. The van der Waals surface area contributed by atoms with Crippen LogP contribution in [0, 0.1) is 27.7 Å². The Morgan fingerprint density at radius 1 is 0.729 bits per heavy atom. The van der Waals surface area contributed by atoms with Crippen LogP contribution in [0.1, 0.15) is 89.4 Å². The number of thiazole rings is 2. The summed E-state index contributed by atoms with van der Waals surface area (Å²) < 4.78 is 5.82. The number of aliphatic hydroxyl groups is 1. The summed E-state index contributed by atoms with van der Waals surface area (Å²) in [6.45, 7) is 21.3. The lowest BCUT2D eigenvalue weighted by Gasteiger charge is -2.18. The molecule has 0 saturated carbocycles. The van der Waals surface area contributed by atoms with E-state index in [-0.39, 0.29) is 12.2 Å². The van der Waals surface area contributed by atoms with E-state index in [2.05, 4.69) is 117 Å². The normalized spacial score (nSPS) is 11.8. The van der Waals surface area contributed by atoms with Gasteiger partial charge < -0.3 is 19.6 Å². The number of hydrogen-bond donors (Lipinski definition) is 1. The minimum Gasteiger partial charge on any atom is -0.390 e. The molecular formula is C38H54N6O2S2. The highest BCUT2D eigenvalue weighted by molar-refractivity contribution is 7.09. The standard InChI is InChI=1S/C21H31N3OS.C17H23N3OS/c1-8-24(7)14-22-19-10-15(2)17(9-16(19)3)11-20-23-18(13-26-20)12-25-21(4,5)6;1-5-20(4)11-18-16-7-12(2)14(6-13(16)3)8-17-19-15(9-21)10-22-17/h9-10,13-14H,8,11-12H2,1-7H3;6-7,10-11,21H,5,8-9H2,1-4H3. The van der Waals surface area contributed by atoms with E-state index in [0.717, 1.165) is 58.7 Å². The highest BCUT2D eigenvalue weighted by Gasteiger charge is 2.13. The van der Waals surface area contributed by atoms with Crippen molar-refractivity contribution in [1.29, 1.82) is 0 Å². The predicted molar refractivity (Wildman–Crippen MR) is 205 cm³/mol. The number of rotatable bonds is 13. The molecule has 0 atom stereocenters.